The Morgan fingerprint density at radius 3 is 2.47 bits per heavy atom. The van der Waals surface area contributed by atoms with Crippen molar-refractivity contribution in [2.45, 2.75) is 53.0 Å². The summed E-state index contributed by atoms with van der Waals surface area (Å²) in [4.78, 5) is 0. The van der Waals surface area contributed by atoms with Gasteiger partial charge in [-0.05, 0) is 36.0 Å². The molecule has 1 aliphatic rings. The van der Waals surface area contributed by atoms with Crippen molar-refractivity contribution in [3.05, 3.63) is 64.5 Å². The van der Waals surface area contributed by atoms with Gasteiger partial charge in [-0.1, -0.05) is 51.1 Å². The van der Waals surface area contributed by atoms with Gasteiger partial charge in [0.15, 0.2) is 0 Å². The van der Waals surface area contributed by atoms with E-state index in [1.165, 1.54) is 50.3 Å². The molecule has 0 spiro atoms. The quantitative estimate of drug-likeness (QED) is 0.509. The fourth-order valence-corrected chi connectivity index (χ4v) is 4.82. The monoisotopic (exact) mass is 399 g/mol. The zero-order chi connectivity index (χ0) is 20.7. The minimum absolute atomic E-state index is 0.856. The molecule has 0 amide bonds. The van der Waals surface area contributed by atoms with E-state index in [2.05, 4.69) is 71.3 Å². The molecule has 3 heterocycles. The van der Waals surface area contributed by atoms with Gasteiger partial charge in [-0.3, -0.25) is 5.10 Å². The van der Waals surface area contributed by atoms with E-state index in [1.54, 1.807) is 0 Å². The number of hydrogen-bond donors (Lipinski definition) is 2. The number of rotatable bonds is 5. The van der Waals surface area contributed by atoms with Gasteiger partial charge in [0.2, 0.25) is 0 Å². The summed E-state index contributed by atoms with van der Waals surface area (Å²) < 4.78 is 2.24. The van der Waals surface area contributed by atoms with Crippen LogP contribution in [0.5, 0.6) is 0 Å². The Morgan fingerprint density at radius 1 is 0.967 bits per heavy atom. The van der Waals surface area contributed by atoms with Crippen molar-refractivity contribution in [3.8, 4) is 16.9 Å². The molecule has 1 aliphatic heterocycles. The summed E-state index contributed by atoms with van der Waals surface area (Å²) in [7, 11) is 0. The van der Waals surface area contributed by atoms with Crippen LogP contribution < -0.4 is 5.32 Å². The number of fused-ring (bicyclic) bond motifs is 2. The maximum Gasteiger partial charge on any atom is 0.0796 e. The summed E-state index contributed by atoms with van der Waals surface area (Å²) in [5, 5.41) is 17.6. The standard InChI is InChI=1S/C25H29N5/c1-4-16-10-11-19(20-15-27-28-23(16)20)25-21-14-26-13-12-22(21)29-30(25)24-17(5-2)8-7-9-18(24)6-3/h7-11,15,26H,4-6,12-14H2,1-3H3,(H,27,28). The number of aryl methyl sites for hydroxylation is 3. The number of H-pyrrole nitrogens is 1. The molecule has 30 heavy (non-hydrogen) atoms. The Labute approximate surface area is 177 Å². The van der Waals surface area contributed by atoms with Crippen molar-refractivity contribution in [2.24, 2.45) is 0 Å². The highest BCUT2D eigenvalue weighted by Gasteiger charge is 2.26. The van der Waals surface area contributed by atoms with Crippen molar-refractivity contribution in [1.82, 2.24) is 25.3 Å². The van der Waals surface area contributed by atoms with Gasteiger partial charge in [0, 0.05) is 36.0 Å². The van der Waals surface area contributed by atoms with Crippen LogP contribution >= 0.6 is 0 Å². The van der Waals surface area contributed by atoms with Crippen LogP contribution in [-0.4, -0.2) is 26.5 Å². The molecule has 0 radical (unpaired) electrons. The molecule has 0 unspecified atom stereocenters. The molecule has 0 saturated heterocycles. The summed E-state index contributed by atoms with van der Waals surface area (Å²) in [5.41, 5.74) is 11.3. The maximum absolute atomic E-state index is 5.19. The van der Waals surface area contributed by atoms with Gasteiger partial charge in [0.25, 0.3) is 0 Å². The molecule has 2 N–H and O–H groups in total. The lowest BCUT2D eigenvalue weighted by Crippen LogP contribution is -2.23. The van der Waals surface area contributed by atoms with Crippen LogP contribution in [0.3, 0.4) is 0 Å². The second-order valence-electron chi connectivity index (χ2n) is 8.03. The van der Waals surface area contributed by atoms with E-state index in [4.69, 9.17) is 5.10 Å². The fraction of sp³-hybridized carbons (Fsp3) is 0.360. The number of aromatic nitrogens is 4. The van der Waals surface area contributed by atoms with Gasteiger partial charge in [0.1, 0.15) is 0 Å². The average molecular weight is 400 g/mol. The zero-order valence-corrected chi connectivity index (χ0v) is 18.0. The molecule has 0 saturated carbocycles. The third-order valence-electron chi connectivity index (χ3n) is 6.42. The van der Waals surface area contributed by atoms with Crippen LogP contribution in [0.1, 0.15) is 48.7 Å². The first-order chi connectivity index (χ1) is 14.8. The van der Waals surface area contributed by atoms with E-state index in [1.807, 2.05) is 6.20 Å². The molecule has 5 heteroatoms. The first kappa shape index (κ1) is 19.1. The molecule has 0 atom stereocenters. The van der Waals surface area contributed by atoms with Gasteiger partial charge < -0.3 is 5.32 Å². The van der Waals surface area contributed by atoms with Gasteiger partial charge in [-0.25, -0.2) is 4.68 Å². The van der Waals surface area contributed by atoms with Gasteiger partial charge >= 0.3 is 0 Å². The lowest BCUT2D eigenvalue weighted by molar-refractivity contribution is 0.635. The van der Waals surface area contributed by atoms with Gasteiger partial charge in [-0.2, -0.15) is 10.2 Å². The molecule has 2 aromatic heterocycles. The van der Waals surface area contributed by atoms with E-state index < -0.39 is 0 Å². The number of hydrogen-bond acceptors (Lipinski definition) is 3. The van der Waals surface area contributed by atoms with Crippen LogP contribution in [0.15, 0.2) is 36.5 Å². The van der Waals surface area contributed by atoms with Crippen molar-refractivity contribution in [3.63, 3.8) is 0 Å². The Hall–Kier alpha value is -2.92. The van der Waals surface area contributed by atoms with Crippen LogP contribution in [-0.2, 0) is 32.2 Å². The van der Waals surface area contributed by atoms with E-state index in [0.29, 0.717) is 0 Å². The predicted molar refractivity (Wildman–Crippen MR) is 122 cm³/mol. The lowest BCUT2D eigenvalue weighted by atomic mass is 9.96. The van der Waals surface area contributed by atoms with Crippen LogP contribution in [0.2, 0.25) is 0 Å². The highest BCUT2D eigenvalue weighted by Crippen LogP contribution is 2.37. The first-order valence-electron chi connectivity index (χ1n) is 11.1. The summed E-state index contributed by atoms with van der Waals surface area (Å²) in [6, 6.07) is 11.2. The molecule has 4 aromatic rings. The number of nitrogens with one attached hydrogen (secondary N) is 2. The Bertz CT molecular complexity index is 1190. The van der Waals surface area contributed by atoms with Crippen molar-refractivity contribution >= 4 is 10.9 Å². The normalized spacial score (nSPS) is 13.7. The second kappa shape index (κ2) is 7.73. The molecule has 0 bridgehead atoms. The summed E-state index contributed by atoms with van der Waals surface area (Å²) >= 11 is 0. The number of aromatic amines is 1. The summed E-state index contributed by atoms with van der Waals surface area (Å²) in [5.74, 6) is 0. The van der Waals surface area contributed by atoms with Crippen molar-refractivity contribution in [1.29, 1.82) is 0 Å². The molecule has 154 valence electrons. The second-order valence-corrected chi connectivity index (χ2v) is 8.03. The lowest BCUT2D eigenvalue weighted by Gasteiger charge is -2.18. The third kappa shape index (κ3) is 2.88. The van der Waals surface area contributed by atoms with Crippen molar-refractivity contribution in [2.75, 3.05) is 6.54 Å². The Morgan fingerprint density at radius 2 is 1.73 bits per heavy atom. The van der Waals surface area contributed by atoms with E-state index in [0.717, 1.165) is 44.3 Å². The minimum atomic E-state index is 0.856. The van der Waals surface area contributed by atoms with Gasteiger partial charge in [0.05, 0.1) is 28.8 Å². The number of nitrogens with zero attached hydrogens (tertiary/aromatic N) is 3. The Balaban J connectivity index is 1.85. The summed E-state index contributed by atoms with van der Waals surface area (Å²) in [6.45, 7) is 8.49. The maximum atomic E-state index is 5.19. The van der Waals surface area contributed by atoms with Crippen LogP contribution in [0.4, 0.5) is 0 Å². The molecule has 5 rings (SSSR count). The summed E-state index contributed by atoms with van der Waals surface area (Å²) in [6.07, 6.45) is 5.89. The highest BCUT2D eigenvalue weighted by molar-refractivity contribution is 5.96. The third-order valence-corrected chi connectivity index (χ3v) is 6.42. The molecular formula is C25H29N5. The zero-order valence-electron chi connectivity index (χ0n) is 18.0. The molecule has 0 fully saturated rings. The SMILES string of the molecule is CCc1cccc(CC)c1-n1nc2c(c1-c1ccc(CC)c3[nH]ncc13)CNCC2. The smallest absolute Gasteiger partial charge is 0.0796 e. The van der Waals surface area contributed by atoms with Gasteiger partial charge in [-0.15, -0.1) is 0 Å². The van der Waals surface area contributed by atoms with E-state index in [-0.39, 0.29) is 0 Å². The van der Waals surface area contributed by atoms with Crippen LogP contribution in [0.25, 0.3) is 27.8 Å². The topological polar surface area (TPSA) is 58.5 Å². The average Bonchev–Trinajstić information content (AvgIpc) is 3.43. The molecule has 0 aliphatic carbocycles. The molecular weight excluding hydrogens is 370 g/mol. The largest absolute Gasteiger partial charge is 0.312 e. The molecule has 5 nitrogen and oxygen atoms in total. The van der Waals surface area contributed by atoms with Crippen LogP contribution in [0, 0.1) is 0 Å². The minimum Gasteiger partial charge on any atom is -0.312 e. The fourth-order valence-electron chi connectivity index (χ4n) is 4.82. The predicted octanol–water partition coefficient (Wildman–Crippen LogP) is 4.75. The molecule has 2 aromatic carbocycles. The highest BCUT2D eigenvalue weighted by atomic mass is 15.3. The van der Waals surface area contributed by atoms with Crippen molar-refractivity contribution < 1.29 is 0 Å². The van der Waals surface area contributed by atoms with E-state index in [9.17, 15) is 0 Å². The first-order valence-corrected chi connectivity index (χ1v) is 11.1. The number of para-hydroxylation sites is 1. The number of benzene rings is 2. The van der Waals surface area contributed by atoms with E-state index >= 15 is 0 Å². The Kier molecular flexibility index (Phi) is 4.91.